The van der Waals surface area contributed by atoms with Gasteiger partial charge in [0.15, 0.2) is 5.78 Å². The van der Waals surface area contributed by atoms with E-state index in [0.717, 1.165) is 5.56 Å². The Bertz CT molecular complexity index is 1460. The maximum absolute atomic E-state index is 13.1. The Balaban J connectivity index is 1.47. The minimum Gasteiger partial charge on any atom is -0.321 e. The fourth-order valence-electron chi connectivity index (χ4n) is 3.31. The van der Waals surface area contributed by atoms with Crippen LogP contribution in [0.1, 0.15) is 31.8 Å². The van der Waals surface area contributed by atoms with Gasteiger partial charge in [-0.15, -0.1) is 0 Å². The zero-order chi connectivity index (χ0) is 26.2. The topological polar surface area (TPSA) is 75.3 Å². The summed E-state index contributed by atoms with van der Waals surface area (Å²) in [5.74, 6) is -1.14. The van der Waals surface area contributed by atoms with E-state index >= 15 is 0 Å². The summed E-state index contributed by atoms with van der Waals surface area (Å²) in [6, 6.07) is 22.0. The molecule has 0 bridgehead atoms. The van der Waals surface area contributed by atoms with E-state index in [-0.39, 0.29) is 11.5 Å². The van der Waals surface area contributed by atoms with Crippen molar-refractivity contribution in [1.29, 1.82) is 0 Å². The fraction of sp³-hybridized carbons (Fsp3) is 0. The lowest BCUT2D eigenvalue weighted by molar-refractivity contribution is -0.113. The van der Waals surface area contributed by atoms with Crippen molar-refractivity contribution in [2.45, 2.75) is 0 Å². The molecule has 1 heterocycles. The van der Waals surface area contributed by atoms with Gasteiger partial charge in [0, 0.05) is 32.4 Å². The number of allylic oxidation sites excluding steroid dienone is 1. The Kier molecular flexibility index (Phi) is 8.69. The summed E-state index contributed by atoms with van der Waals surface area (Å²) in [7, 11) is 0. The van der Waals surface area contributed by atoms with Gasteiger partial charge in [-0.05, 0) is 89.1 Å². The number of hydrogen-bond donors (Lipinski definition) is 2. The quantitative estimate of drug-likeness (QED) is 0.179. The van der Waals surface area contributed by atoms with E-state index in [2.05, 4.69) is 10.6 Å². The molecule has 4 aromatic rings. The Morgan fingerprint density at radius 3 is 2.14 bits per heavy atom. The average molecular weight is 547 g/mol. The number of anilines is 1. The molecule has 8 heteroatoms. The molecule has 1 aromatic heterocycles. The van der Waals surface area contributed by atoms with Crippen LogP contribution in [0.5, 0.6) is 0 Å². The van der Waals surface area contributed by atoms with E-state index in [1.54, 1.807) is 78.9 Å². The second-order valence-corrected chi connectivity index (χ2v) is 9.39. The molecule has 0 aliphatic rings. The van der Waals surface area contributed by atoms with Crippen molar-refractivity contribution in [2.24, 2.45) is 0 Å². The van der Waals surface area contributed by atoms with Gasteiger partial charge in [0.1, 0.15) is 5.70 Å². The molecule has 0 saturated carbocycles. The highest BCUT2D eigenvalue weighted by Crippen LogP contribution is 2.25. The summed E-state index contributed by atoms with van der Waals surface area (Å²) in [6.45, 7) is 0. The molecular formula is C29H20Cl2N2O3S. The smallest absolute Gasteiger partial charge is 0.272 e. The lowest BCUT2D eigenvalue weighted by Crippen LogP contribution is -2.30. The van der Waals surface area contributed by atoms with E-state index in [4.69, 9.17) is 23.2 Å². The van der Waals surface area contributed by atoms with Crippen LogP contribution >= 0.6 is 34.5 Å². The van der Waals surface area contributed by atoms with Crippen LogP contribution in [0.4, 0.5) is 5.69 Å². The number of halogens is 2. The number of ketones is 1. The Hall–Kier alpha value is -3.97. The molecule has 0 saturated heterocycles. The first kappa shape index (κ1) is 26.1. The molecular weight excluding hydrogens is 527 g/mol. The van der Waals surface area contributed by atoms with Gasteiger partial charge in [-0.2, -0.15) is 11.3 Å². The lowest BCUT2D eigenvalue weighted by atomic mass is 10.1. The maximum Gasteiger partial charge on any atom is 0.272 e. The molecule has 2 amide bonds. The van der Waals surface area contributed by atoms with Crippen LogP contribution in [0.15, 0.2) is 101 Å². The van der Waals surface area contributed by atoms with Crippen molar-refractivity contribution < 1.29 is 14.4 Å². The summed E-state index contributed by atoms with van der Waals surface area (Å²) >= 11 is 13.8. The summed E-state index contributed by atoms with van der Waals surface area (Å²) in [5.41, 5.74) is 2.75. The fourth-order valence-corrected chi connectivity index (χ4v) is 4.45. The number of carbonyl (C=O) groups is 3. The number of hydrogen-bond acceptors (Lipinski definition) is 4. The predicted octanol–water partition coefficient (Wildman–Crippen LogP) is 7.36. The SMILES string of the molecule is O=C(Nc1ccc(C(=O)/C=C/c2c(Cl)cccc2Cl)cc1)/C(=C/c1ccsc1)NC(=O)c1ccccc1. The molecule has 184 valence electrons. The minimum atomic E-state index is -0.497. The maximum atomic E-state index is 13.1. The second-order valence-electron chi connectivity index (χ2n) is 7.80. The first-order chi connectivity index (χ1) is 17.9. The zero-order valence-electron chi connectivity index (χ0n) is 19.3. The molecule has 0 aliphatic carbocycles. The third-order valence-electron chi connectivity index (χ3n) is 5.21. The number of carbonyl (C=O) groups excluding carboxylic acids is 3. The molecule has 5 nitrogen and oxygen atoms in total. The largest absolute Gasteiger partial charge is 0.321 e. The van der Waals surface area contributed by atoms with Gasteiger partial charge < -0.3 is 10.6 Å². The monoisotopic (exact) mass is 546 g/mol. The zero-order valence-corrected chi connectivity index (χ0v) is 21.6. The van der Waals surface area contributed by atoms with Crippen molar-refractivity contribution in [3.8, 4) is 0 Å². The normalized spacial score (nSPS) is 11.4. The third kappa shape index (κ3) is 7.05. The van der Waals surface area contributed by atoms with Crippen LogP contribution < -0.4 is 10.6 Å². The van der Waals surface area contributed by atoms with Crippen LogP contribution in [0.2, 0.25) is 10.0 Å². The van der Waals surface area contributed by atoms with Crippen LogP contribution in [-0.2, 0) is 4.79 Å². The van der Waals surface area contributed by atoms with Gasteiger partial charge in [-0.3, -0.25) is 14.4 Å². The molecule has 2 N–H and O–H groups in total. The summed E-state index contributed by atoms with van der Waals surface area (Å²) in [4.78, 5) is 38.3. The first-order valence-electron chi connectivity index (χ1n) is 11.1. The number of thiophene rings is 1. The van der Waals surface area contributed by atoms with E-state index in [0.29, 0.717) is 32.4 Å². The van der Waals surface area contributed by atoms with Crippen molar-refractivity contribution in [2.75, 3.05) is 5.32 Å². The van der Waals surface area contributed by atoms with Gasteiger partial charge in [0.25, 0.3) is 11.8 Å². The molecule has 4 rings (SSSR count). The van der Waals surface area contributed by atoms with E-state index in [1.165, 1.54) is 17.4 Å². The minimum absolute atomic E-state index is 0.0898. The highest BCUT2D eigenvalue weighted by molar-refractivity contribution is 7.08. The second kappa shape index (κ2) is 12.3. The molecule has 3 aromatic carbocycles. The van der Waals surface area contributed by atoms with Gasteiger partial charge in [-0.25, -0.2) is 0 Å². The van der Waals surface area contributed by atoms with Crippen molar-refractivity contribution in [3.63, 3.8) is 0 Å². The van der Waals surface area contributed by atoms with Crippen LogP contribution in [0.3, 0.4) is 0 Å². The predicted molar refractivity (Wildman–Crippen MR) is 151 cm³/mol. The number of rotatable bonds is 8. The number of nitrogens with one attached hydrogen (secondary N) is 2. The highest BCUT2D eigenvalue weighted by atomic mass is 35.5. The highest BCUT2D eigenvalue weighted by Gasteiger charge is 2.15. The number of benzene rings is 3. The van der Waals surface area contributed by atoms with Gasteiger partial charge in [0.2, 0.25) is 0 Å². The first-order valence-corrected chi connectivity index (χ1v) is 12.8. The average Bonchev–Trinajstić information content (AvgIpc) is 3.42. The van der Waals surface area contributed by atoms with Crippen molar-refractivity contribution in [3.05, 3.63) is 134 Å². The molecule has 0 aliphatic heterocycles. The van der Waals surface area contributed by atoms with Crippen LogP contribution in [0, 0.1) is 0 Å². The van der Waals surface area contributed by atoms with Crippen molar-refractivity contribution >= 4 is 70.0 Å². The molecule has 37 heavy (non-hydrogen) atoms. The van der Waals surface area contributed by atoms with Gasteiger partial charge in [-0.1, -0.05) is 47.5 Å². The molecule has 0 radical (unpaired) electrons. The van der Waals surface area contributed by atoms with Gasteiger partial charge in [0.05, 0.1) is 0 Å². The molecule has 0 atom stereocenters. The van der Waals surface area contributed by atoms with Crippen LogP contribution in [0.25, 0.3) is 12.2 Å². The third-order valence-corrected chi connectivity index (χ3v) is 6.57. The van der Waals surface area contributed by atoms with E-state index in [1.807, 2.05) is 22.9 Å². The molecule has 0 spiro atoms. The van der Waals surface area contributed by atoms with Crippen LogP contribution in [-0.4, -0.2) is 17.6 Å². The van der Waals surface area contributed by atoms with Gasteiger partial charge >= 0.3 is 0 Å². The Labute approximate surface area is 228 Å². The van der Waals surface area contributed by atoms with E-state index in [9.17, 15) is 14.4 Å². The Morgan fingerprint density at radius 1 is 0.784 bits per heavy atom. The van der Waals surface area contributed by atoms with Crippen molar-refractivity contribution in [1.82, 2.24) is 5.32 Å². The summed E-state index contributed by atoms with van der Waals surface area (Å²) in [6.07, 6.45) is 4.57. The Morgan fingerprint density at radius 2 is 1.49 bits per heavy atom. The standard InChI is InChI=1S/C29H20Cl2N2O3S/c30-24-7-4-8-25(31)23(24)13-14-27(34)20-9-11-22(12-10-20)32-29(36)26(17-19-15-16-37-18-19)33-28(35)21-5-2-1-3-6-21/h1-18H,(H,32,36)(H,33,35)/b14-13+,26-17-. The molecule has 0 fully saturated rings. The lowest BCUT2D eigenvalue weighted by Gasteiger charge is -2.11. The summed E-state index contributed by atoms with van der Waals surface area (Å²) in [5, 5.41) is 10.1. The number of amides is 2. The summed E-state index contributed by atoms with van der Waals surface area (Å²) < 4.78 is 0. The van der Waals surface area contributed by atoms with E-state index < -0.39 is 11.8 Å². The molecule has 0 unspecified atom stereocenters.